The maximum Gasteiger partial charge on any atom is 0.410 e. The molecule has 2 aromatic rings. The molecule has 1 heterocycles. The Bertz CT molecular complexity index is 1060. The number of nitriles is 1. The Morgan fingerprint density at radius 1 is 1.23 bits per heavy atom. The number of amides is 1. The molecule has 1 fully saturated rings. The summed E-state index contributed by atoms with van der Waals surface area (Å²) in [6, 6.07) is 14.3. The number of carbonyl (C=O) groups is 1. The van der Waals surface area contributed by atoms with E-state index in [1.807, 2.05) is 30.3 Å². The summed E-state index contributed by atoms with van der Waals surface area (Å²) in [6.07, 6.45) is -1.41. The molecule has 0 radical (unpaired) electrons. The second kappa shape index (κ2) is 11.2. The lowest BCUT2D eigenvalue weighted by atomic mass is 10.0. The van der Waals surface area contributed by atoms with Gasteiger partial charge in [-0.15, -0.1) is 0 Å². The van der Waals surface area contributed by atoms with Gasteiger partial charge in [0.2, 0.25) is 0 Å². The number of aliphatic hydroxyl groups excluding tert-OH is 1. The third kappa shape index (κ3) is 7.27. The maximum atomic E-state index is 12.9. The summed E-state index contributed by atoms with van der Waals surface area (Å²) in [5.41, 5.74) is 0.704. The number of nitrogens with zero attached hydrogens (tertiary/aromatic N) is 2. The third-order valence-corrected chi connectivity index (χ3v) is 5.99. The first-order valence-electron chi connectivity index (χ1n) is 11.8. The number of halogens is 1. The average Bonchev–Trinajstić information content (AvgIpc) is 3.15. The van der Waals surface area contributed by atoms with E-state index in [-0.39, 0.29) is 34.9 Å². The molecule has 8 heteroatoms. The Kier molecular flexibility index (Phi) is 8.52. The zero-order valence-electron chi connectivity index (χ0n) is 20.8. The van der Waals surface area contributed by atoms with Gasteiger partial charge >= 0.3 is 6.09 Å². The highest BCUT2D eigenvalue weighted by atomic mass is 35.5. The van der Waals surface area contributed by atoms with Gasteiger partial charge in [-0.1, -0.05) is 43.6 Å². The monoisotopic (exact) mass is 500 g/mol. The van der Waals surface area contributed by atoms with E-state index in [1.54, 1.807) is 43.9 Å². The minimum absolute atomic E-state index is 0.114. The van der Waals surface area contributed by atoms with E-state index in [0.717, 1.165) is 5.75 Å². The van der Waals surface area contributed by atoms with E-state index in [2.05, 4.69) is 13.8 Å². The van der Waals surface area contributed by atoms with Crippen LogP contribution in [0.5, 0.6) is 11.5 Å². The van der Waals surface area contributed by atoms with Crippen molar-refractivity contribution in [1.82, 2.24) is 4.90 Å². The van der Waals surface area contributed by atoms with Crippen LogP contribution in [0.1, 0.15) is 64.5 Å². The van der Waals surface area contributed by atoms with Gasteiger partial charge in [-0.05, 0) is 56.5 Å². The van der Waals surface area contributed by atoms with Crippen molar-refractivity contribution in [2.45, 2.75) is 77.4 Å². The smallest absolute Gasteiger partial charge is 0.410 e. The average molecular weight is 501 g/mol. The van der Waals surface area contributed by atoms with Crippen LogP contribution in [-0.2, 0) is 4.74 Å². The Morgan fingerprint density at radius 2 is 1.91 bits per heavy atom. The molecule has 1 saturated heterocycles. The predicted octanol–water partition coefficient (Wildman–Crippen LogP) is 5.88. The van der Waals surface area contributed by atoms with Crippen LogP contribution in [0, 0.1) is 11.3 Å². The fourth-order valence-corrected chi connectivity index (χ4v) is 4.20. The Balaban J connectivity index is 1.73. The first kappa shape index (κ1) is 26.7. The van der Waals surface area contributed by atoms with Gasteiger partial charge in [0.1, 0.15) is 34.8 Å². The standard InChI is InChI=1S/C27H33ClN2O5/c1-17(2)18-9-11-20(12-10-18)33-21-13-19(30(16-21)26(32)35-27(3,4)5)14-25(31)34-24-8-6-7-23(28)22(24)15-29/h6-12,17,19,21,25,31H,13-14,16H2,1-5H3/t19-,21+,25?/m0/s1. The van der Waals surface area contributed by atoms with Crippen molar-refractivity contribution in [2.24, 2.45) is 0 Å². The minimum Gasteiger partial charge on any atom is -0.489 e. The SMILES string of the molecule is CC(C)c1ccc(O[C@@H]2C[C@@H](CC(O)Oc3cccc(Cl)c3C#N)N(C(=O)OC(C)(C)C)C2)cc1. The predicted molar refractivity (Wildman–Crippen MR) is 134 cm³/mol. The number of benzene rings is 2. The molecule has 35 heavy (non-hydrogen) atoms. The number of hydrogen-bond acceptors (Lipinski definition) is 6. The van der Waals surface area contributed by atoms with Gasteiger partial charge in [0.25, 0.3) is 0 Å². The van der Waals surface area contributed by atoms with E-state index in [4.69, 9.17) is 25.8 Å². The van der Waals surface area contributed by atoms with Gasteiger partial charge in [-0.3, -0.25) is 0 Å². The zero-order chi connectivity index (χ0) is 25.8. The van der Waals surface area contributed by atoms with E-state index < -0.39 is 18.0 Å². The topological polar surface area (TPSA) is 92.0 Å². The number of carbonyl (C=O) groups excluding carboxylic acids is 1. The lowest BCUT2D eigenvalue weighted by Crippen LogP contribution is -2.42. The van der Waals surface area contributed by atoms with Crippen molar-refractivity contribution in [3.05, 3.63) is 58.6 Å². The normalized spacial score (nSPS) is 18.8. The van der Waals surface area contributed by atoms with E-state index in [9.17, 15) is 15.2 Å². The fraction of sp³-hybridized carbons (Fsp3) is 0.481. The molecule has 0 spiro atoms. The Labute approximate surface area is 212 Å². The van der Waals surface area contributed by atoms with Crippen molar-refractivity contribution < 1.29 is 24.1 Å². The summed E-state index contributed by atoms with van der Waals surface area (Å²) in [6.45, 7) is 10.0. The summed E-state index contributed by atoms with van der Waals surface area (Å²) >= 11 is 6.06. The highest BCUT2D eigenvalue weighted by Gasteiger charge is 2.40. The molecule has 0 saturated carbocycles. The Morgan fingerprint density at radius 3 is 2.51 bits per heavy atom. The molecule has 2 aromatic carbocycles. The first-order valence-corrected chi connectivity index (χ1v) is 12.1. The Hall–Kier alpha value is -2.95. The number of aliphatic hydroxyl groups is 1. The van der Waals surface area contributed by atoms with E-state index >= 15 is 0 Å². The quantitative estimate of drug-likeness (QED) is 0.477. The molecule has 3 atom stereocenters. The molecule has 0 bridgehead atoms. The third-order valence-electron chi connectivity index (χ3n) is 5.68. The summed E-state index contributed by atoms with van der Waals surface area (Å²) in [4.78, 5) is 14.5. The molecular formula is C27H33ClN2O5. The van der Waals surface area contributed by atoms with Crippen molar-refractivity contribution in [2.75, 3.05) is 6.54 Å². The van der Waals surface area contributed by atoms with Crippen molar-refractivity contribution in [1.29, 1.82) is 5.26 Å². The fourth-order valence-electron chi connectivity index (χ4n) is 3.99. The van der Waals surface area contributed by atoms with Crippen molar-refractivity contribution in [3.8, 4) is 17.6 Å². The highest BCUT2D eigenvalue weighted by molar-refractivity contribution is 6.31. The molecule has 1 unspecified atom stereocenters. The zero-order valence-corrected chi connectivity index (χ0v) is 21.6. The molecular weight excluding hydrogens is 468 g/mol. The van der Waals surface area contributed by atoms with Crippen molar-refractivity contribution in [3.63, 3.8) is 0 Å². The molecule has 0 aliphatic carbocycles. The largest absolute Gasteiger partial charge is 0.489 e. The van der Waals surface area contributed by atoms with Crippen LogP contribution in [0.4, 0.5) is 4.79 Å². The van der Waals surface area contributed by atoms with Gasteiger partial charge in [-0.2, -0.15) is 5.26 Å². The van der Waals surface area contributed by atoms with Crippen LogP contribution in [0.25, 0.3) is 0 Å². The second-order valence-electron chi connectivity index (χ2n) is 10.0. The lowest BCUT2D eigenvalue weighted by molar-refractivity contribution is -0.0405. The van der Waals surface area contributed by atoms with Crippen LogP contribution in [0.3, 0.4) is 0 Å². The van der Waals surface area contributed by atoms with E-state index in [1.165, 1.54) is 5.56 Å². The van der Waals surface area contributed by atoms with Gasteiger partial charge in [0.15, 0.2) is 6.29 Å². The number of rotatable bonds is 7. The highest BCUT2D eigenvalue weighted by Crippen LogP contribution is 2.31. The molecule has 1 N–H and O–H groups in total. The maximum absolute atomic E-state index is 12.9. The summed E-state index contributed by atoms with van der Waals surface area (Å²) in [7, 11) is 0. The number of ether oxygens (including phenoxy) is 3. The first-order chi connectivity index (χ1) is 16.5. The molecule has 1 aliphatic rings. The summed E-state index contributed by atoms with van der Waals surface area (Å²) in [5.74, 6) is 1.33. The summed E-state index contributed by atoms with van der Waals surface area (Å²) < 4.78 is 17.4. The van der Waals surface area contributed by atoms with Crippen LogP contribution in [0.2, 0.25) is 5.02 Å². The number of likely N-dealkylation sites (tertiary alicyclic amines) is 1. The molecule has 3 rings (SSSR count). The van der Waals surface area contributed by atoms with Gasteiger partial charge in [0, 0.05) is 18.9 Å². The number of hydrogen-bond donors (Lipinski definition) is 1. The summed E-state index contributed by atoms with van der Waals surface area (Å²) in [5, 5.41) is 20.3. The van der Waals surface area contributed by atoms with Crippen molar-refractivity contribution >= 4 is 17.7 Å². The minimum atomic E-state index is -1.26. The van der Waals surface area contributed by atoms with Gasteiger partial charge < -0.3 is 24.2 Å². The lowest BCUT2D eigenvalue weighted by Gasteiger charge is -2.29. The van der Waals surface area contributed by atoms with Crippen LogP contribution in [0.15, 0.2) is 42.5 Å². The molecule has 7 nitrogen and oxygen atoms in total. The molecule has 188 valence electrons. The molecule has 1 aliphatic heterocycles. The van der Waals surface area contributed by atoms with Crippen LogP contribution in [-0.4, -0.2) is 46.7 Å². The van der Waals surface area contributed by atoms with Crippen LogP contribution < -0.4 is 9.47 Å². The molecule has 0 aromatic heterocycles. The second-order valence-corrected chi connectivity index (χ2v) is 10.4. The van der Waals surface area contributed by atoms with Gasteiger partial charge in [0.05, 0.1) is 11.6 Å². The van der Waals surface area contributed by atoms with Gasteiger partial charge in [-0.25, -0.2) is 4.79 Å². The molecule has 1 amide bonds. The van der Waals surface area contributed by atoms with Crippen LogP contribution >= 0.6 is 11.6 Å². The van der Waals surface area contributed by atoms with E-state index in [0.29, 0.717) is 18.9 Å².